The van der Waals surface area contributed by atoms with Crippen LogP contribution in [0.3, 0.4) is 0 Å². The number of nitrogens with two attached hydrogens (primary N) is 1. The second kappa shape index (κ2) is 5.51. The first kappa shape index (κ1) is 13.1. The molecular weight excluding hydrogens is 267 g/mol. The monoisotopic (exact) mass is 280 g/mol. The maximum Gasteiger partial charge on any atom is 0.0593 e. The van der Waals surface area contributed by atoms with Crippen molar-refractivity contribution < 1.29 is 0 Å². The zero-order valence-electron chi connectivity index (χ0n) is 9.95. The standard InChI is InChI=1S/C14H14Cl2N2/c1-9(10-3-2-4-11(15)7-10)18-14-8-12(16)5-6-13(14)17/h2-9,18H,17H2,1H3. The Labute approximate surface area is 117 Å². The van der Waals surface area contributed by atoms with Crippen molar-refractivity contribution in [2.45, 2.75) is 13.0 Å². The summed E-state index contributed by atoms with van der Waals surface area (Å²) in [6.07, 6.45) is 0. The average Bonchev–Trinajstić information content (AvgIpc) is 2.34. The molecule has 0 aliphatic heterocycles. The van der Waals surface area contributed by atoms with E-state index in [9.17, 15) is 0 Å². The molecule has 0 amide bonds. The van der Waals surface area contributed by atoms with Gasteiger partial charge in [0.15, 0.2) is 0 Å². The second-order valence-corrected chi connectivity index (χ2v) is 5.03. The van der Waals surface area contributed by atoms with Crippen LogP contribution >= 0.6 is 23.2 Å². The van der Waals surface area contributed by atoms with Crippen molar-refractivity contribution in [2.75, 3.05) is 11.1 Å². The van der Waals surface area contributed by atoms with E-state index in [0.717, 1.165) is 16.3 Å². The lowest BCUT2D eigenvalue weighted by molar-refractivity contribution is 0.885. The van der Waals surface area contributed by atoms with E-state index in [1.807, 2.05) is 37.3 Å². The molecule has 0 aliphatic carbocycles. The van der Waals surface area contributed by atoms with Crippen molar-refractivity contribution in [2.24, 2.45) is 0 Å². The van der Waals surface area contributed by atoms with Gasteiger partial charge in [0, 0.05) is 16.1 Å². The summed E-state index contributed by atoms with van der Waals surface area (Å²) in [6.45, 7) is 2.05. The second-order valence-electron chi connectivity index (χ2n) is 4.15. The molecule has 94 valence electrons. The molecule has 0 aromatic heterocycles. The summed E-state index contributed by atoms with van der Waals surface area (Å²) in [5, 5.41) is 4.71. The van der Waals surface area contributed by atoms with Crippen molar-refractivity contribution in [1.29, 1.82) is 0 Å². The fourth-order valence-electron chi connectivity index (χ4n) is 1.75. The van der Waals surface area contributed by atoms with Gasteiger partial charge < -0.3 is 11.1 Å². The third-order valence-electron chi connectivity index (χ3n) is 2.74. The molecule has 18 heavy (non-hydrogen) atoms. The Morgan fingerprint density at radius 2 is 1.78 bits per heavy atom. The van der Waals surface area contributed by atoms with Gasteiger partial charge in [0.25, 0.3) is 0 Å². The summed E-state index contributed by atoms with van der Waals surface area (Å²) in [5.74, 6) is 0. The maximum atomic E-state index is 5.97. The fraction of sp³-hybridized carbons (Fsp3) is 0.143. The van der Waals surface area contributed by atoms with Crippen LogP contribution in [0, 0.1) is 0 Å². The molecule has 2 rings (SSSR count). The number of hydrogen-bond acceptors (Lipinski definition) is 2. The highest BCUT2D eigenvalue weighted by atomic mass is 35.5. The average molecular weight is 281 g/mol. The van der Waals surface area contributed by atoms with Crippen molar-refractivity contribution >= 4 is 34.6 Å². The van der Waals surface area contributed by atoms with E-state index in [1.165, 1.54) is 0 Å². The van der Waals surface area contributed by atoms with Crippen LogP contribution in [-0.2, 0) is 0 Å². The van der Waals surface area contributed by atoms with Crippen molar-refractivity contribution in [3.05, 3.63) is 58.1 Å². The minimum absolute atomic E-state index is 0.101. The van der Waals surface area contributed by atoms with Crippen LogP contribution in [-0.4, -0.2) is 0 Å². The number of anilines is 2. The molecule has 0 bridgehead atoms. The first-order valence-electron chi connectivity index (χ1n) is 5.63. The number of hydrogen-bond donors (Lipinski definition) is 2. The molecule has 2 nitrogen and oxygen atoms in total. The molecule has 1 atom stereocenters. The number of nitrogens with one attached hydrogen (secondary N) is 1. The van der Waals surface area contributed by atoms with E-state index in [2.05, 4.69) is 5.32 Å². The van der Waals surface area contributed by atoms with Gasteiger partial charge in [-0.05, 0) is 42.8 Å². The molecular formula is C14H14Cl2N2. The van der Waals surface area contributed by atoms with Gasteiger partial charge in [-0.3, -0.25) is 0 Å². The van der Waals surface area contributed by atoms with E-state index < -0.39 is 0 Å². The van der Waals surface area contributed by atoms with Gasteiger partial charge in [0.05, 0.1) is 11.4 Å². The SMILES string of the molecule is CC(Nc1cc(Cl)ccc1N)c1cccc(Cl)c1. The Morgan fingerprint density at radius 3 is 2.50 bits per heavy atom. The van der Waals surface area contributed by atoms with E-state index >= 15 is 0 Å². The zero-order chi connectivity index (χ0) is 13.1. The summed E-state index contributed by atoms with van der Waals surface area (Å²) < 4.78 is 0. The Hall–Kier alpha value is -1.38. The predicted molar refractivity (Wildman–Crippen MR) is 79.4 cm³/mol. The number of nitrogen functional groups attached to an aromatic ring is 1. The molecule has 0 heterocycles. The van der Waals surface area contributed by atoms with Gasteiger partial charge in [-0.1, -0.05) is 35.3 Å². The van der Waals surface area contributed by atoms with Crippen LogP contribution in [0.15, 0.2) is 42.5 Å². The van der Waals surface area contributed by atoms with Crippen LogP contribution in [0.2, 0.25) is 10.0 Å². The predicted octanol–water partition coefficient (Wildman–Crippen LogP) is 4.75. The minimum Gasteiger partial charge on any atom is -0.397 e. The molecule has 0 saturated heterocycles. The highest BCUT2D eigenvalue weighted by Gasteiger charge is 2.08. The fourth-order valence-corrected chi connectivity index (χ4v) is 2.12. The highest BCUT2D eigenvalue weighted by Crippen LogP contribution is 2.27. The summed E-state index contributed by atoms with van der Waals surface area (Å²) in [7, 11) is 0. The van der Waals surface area contributed by atoms with Crippen LogP contribution in [0.4, 0.5) is 11.4 Å². The van der Waals surface area contributed by atoms with E-state index in [4.69, 9.17) is 28.9 Å². The van der Waals surface area contributed by atoms with Gasteiger partial charge in [-0.25, -0.2) is 0 Å². The molecule has 3 N–H and O–H groups in total. The van der Waals surface area contributed by atoms with Gasteiger partial charge >= 0.3 is 0 Å². The molecule has 2 aromatic rings. The molecule has 0 saturated carbocycles. The van der Waals surface area contributed by atoms with E-state index in [-0.39, 0.29) is 6.04 Å². The Morgan fingerprint density at radius 1 is 1.06 bits per heavy atom. The van der Waals surface area contributed by atoms with Gasteiger partial charge in [-0.2, -0.15) is 0 Å². The van der Waals surface area contributed by atoms with Crippen LogP contribution in [0.5, 0.6) is 0 Å². The first-order valence-corrected chi connectivity index (χ1v) is 6.39. The smallest absolute Gasteiger partial charge is 0.0593 e. The van der Waals surface area contributed by atoms with Crippen LogP contribution in [0.1, 0.15) is 18.5 Å². The van der Waals surface area contributed by atoms with Crippen molar-refractivity contribution in [3.8, 4) is 0 Å². The zero-order valence-corrected chi connectivity index (χ0v) is 11.5. The lowest BCUT2D eigenvalue weighted by Gasteiger charge is -2.17. The Balaban J connectivity index is 2.21. The van der Waals surface area contributed by atoms with Gasteiger partial charge in [-0.15, -0.1) is 0 Å². The third-order valence-corrected chi connectivity index (χ3v) is 3.21. The summed E-state index contributed by atoms with van der Waals surface area (Å²) >= 11 is 11.9. The first-order chi connectivity index (χ1) is 8.56. The number of benzene rings is 2. The third kappa shape index (κ3) is 3.09. The number of rotatable bonds is 3. The summed E-state index contributed by atoms with van der Waals surface area (Å²) in [5.41, 5.74) is 8.50. The highest BCUT2D eigenvalue weighted by molar-refractivity contribution is 6.31. The minimum atomic E-state index is 0.101. The maximum absolute atomic E-state index is 5.97. The molecule has 0 aliphatic rings. The van der Waals surface area contributed by atoms with E-state index in [1.54, 1.807) is 12.1 Å². The molecule has 0 radical (unpaired) electrons. The van der Waals surface area contributed by atoms with Crippen molar-refractivity contribution in [3.63, 3.8) is 0 Å². The molecule has 0 spiro atoms. The van der Waals surface area contributed by atoms with Crippen molar-refractivity contribution in [1.82, 2.24) is 0 Å². The van der Waals surface area contributed by atoms with Gasteiger partial charge in [0.1, 0.15) is 0 Å². The largest absolute Gasteiger partial charge is 0.397 e. The lowest BCUT2D eigenvalue weighted by atomic mass is 10.1. The van der Waals surface area contributed by atoms with E-state index in [0.29, 0.717) is 10.7 Å². The number of halogens is 2. The Kier molecular flexibility index (Phi) is 4.00. The molecule has 4 heteroatoms. The summed E-state index contributed by atoms with van der Waals surface area (Å²) in [6, 6.07) is 13.2. The molecule has 1 unspecified atom stereocenters. The summed E-state index contributed by atoms with van der Waals surface area (Å²) in [4.78, 5) is 0. The topological polar surface area (TPSA) is 38.0 Å². The Bertz CT molecular complexity index is 555. The normalized spacial score (nSPS) is 12.2. The van der Waals surface area contributed by atoms with Crippen LogP contribution in [0.25, 0.3) is 0 Å². The molecule has 0 fully saturated rings. The van der Waals surface area contributed by atoms with Crippen LogP contribution < -0.4 is 11.1 Å². The molecule has 2 aromatic carbocycles. The quantitative estimate of drug-likeness (QED) is 0.797. The van der Waals surface area contributed by atoms with Gasteiger partial charge in [0.2, 0.25) is 0 Å². The lowest BCUT2D eigenvalue weighted by Crippen LogP contribution is -2.08.